The van der Waals surface area contributed by atoms with Gasteiger partial charge in [0.25, 0.3) is 0 Å². The maximum absolute atomic E-state index is 6.32. The van der Waals surface area contributed by atoms with Crippen molar-refractivity contribution in [1.82, 2.24) is 0 Å². The number of hydrogen-bond donors (Lipinski definition) is 0. The minimum absolute atomic E-state index is 0.740. The summed E-state index contributed by atoms with van der Waals surface area (Å²) < 4.78 is 12.6. The van der Waals surface area contributed by atoms with Crippen molar-refractivity contribution >= 4 is 20.2 Å². The Morgan fingerprint density at radius 3 is 1.73 bits per heavy atom. The average molecular weight is 399 g/mol. The predicted molar refractivity (Wildman–Crippen MR) is 117 cm³/mol. The highest BCUT2D eigenvalue weighted by Crippen LogP contribution is 2.25. The van der Waals surface area contributed by atoms with Gasteiger partial charge in [-0.15, -0.1) is 0 Å². The first-order valence-electron chi connectivity index (χ1n) is 10.7. The summed E-state index contributed by atoms with van der Waals surface area (Å²) in [4.78, 5) is 0. The lowest BCUT2D eigenvalue weighted by Crippen LogP contribution is -2.44. The second-order valence-electron chi connectivity index (χ2n) is 7.20. The molecule has 0 aliphatic heterocycles. The first-order valence-corrected chi connectivity index (χ1v) is 13.3. The van der Waals surface area contributed by atoms with Crippen molar-refractivity contribution in [2.75, 3.05) is 6.61 Å². The number of halogens is 1. The summed E-state index contributed by atoms with van der Waals surface area (Å²) in [6, 6.07) is 9.60. The van der Waals surface area contributed by atoms with Crippen LogP contribution < -0.4 is 4.43 Å². The Labute approximate surface area is 167 Å². The van der Waals surface area contributed by atoms with E-state index in [1.807, 2.05) is 24.3 Å². The highest BCUT2D eigenvalue weighted by molar-refractivity contribution is 6.68. The van der Waals surface area contributed by atoms with Gasteiger partial charge in [-0.3, -0.25) is 0 Å². The van der Waals surface area contributed by atoms with Crippen LogP contribution >= 0.6 is 11.6 Å². The molecule has 0 spiro atoms. The van der Waals surface area contributed by atoms with Crippen LogP contribution in [-0.2, 0) is 4.43 Å². The molecular formula is C22H39ClO2Si. The fraction of sp³-hybridized carbons (Fsp3) is 0.727. The monoisotopic (exact) mass is 398 g/mol. The van der Waals surface area contributed by atoms with Gasteiger partial charge in [-0.05, 0) is 42.8 Å². The van der Waals surface area contributed by atoms with E-state index in [1.165, 1.54) is 57.8 Å². The molecule has 0 aliphatic carbocycles. The maximum Gasteiger partial charge on any atom is 0.398 e. The molecule has 0 atom stereocenters. The summed E-state index contributed by atoms with van der Waals surface area (Å²) >= 11 is 5.96. The molecule has 0 radical (unpaired) electrons. The van der Waals surface area contributed by atoms with Crippen LogP contribution in [0.4, 0.5) is 0 Å². The van der Waals surface area contributed by atoms with Gasteiger partial charge in [-0.25, -0.2) is 0 Å². The third-order valence-electron chi connectivity index (χ3n) is 5.06. The Morgan fingerprint density at radius 2 is 1.23 bits per heavy atom. The summed E-state index contributed by atoms with van der Waals surface area (Å²) in [6.07, 6.45) is 13.5. The molecule has 0 aromatic heterocycles. The van der Waals surface area contributed by atoms with Crippen molar-refractivity contribution in [3.8, 4) is 5.75 Å². The van der Waals surface area contributed by atoms with Crippen molar-refractivity contribution in [2.45, 2.75) is 97.1 Å². The standard InChI is InChI=1S/C22H39ClO2Si/c1-4-7-8-9-10-11-12-13-14-15-20-24-26(5-2,6-3)25-22-18-16-21(23)17-19-22/h16-19H,4-15,20H2,1-3H3. The van der Waals surface area contributed by atoms with Crippen LogP contribution in [-0.4, -0.2) is 15.2 Å². The van der Waals surface area contributed by atoms with Crippen LogP contribution in [0.3, 0.4) is 0 Å². The Hall–Kier alpha value is -0.513. The molecule has 0 bridgehead atoms. The molecule has 0 amide bonds. The number of rotatable bonds is 16. The molecule has 0 aliphatic rings. The average Bonchev–Trinajstić information content (AvgIpc) is 2.67. The van der Waals surface area contributed by atoms with E-state index in [-0.39, 0.29) is 0 Å². The minimum Gasteiger partial charge on any atom is -0.520 e. The van der Waals surface area contributed by atoms with E-state index in [0.717, 1.165) is 35.9 Å². The van der Waals surface area contributed by atoms with Gasteiger partial charge >= 0.3 is 8.56 Å². The van der Waals surface area contributed by atoms with Gasteiger partial charge in [0.1, 0.15) is 5.75 Å². The van der Waals surface area contributed by atoms with E-state index in [4.69, 9.17) is 20.5 Å². The summed E-state index contributed by atoms with van der Waals surface area (Å²) in [5.74, 6) is 0.882. The predicted octanol–water partition coefficient (Wildman–Crippen LogP) is 8.14. The summed E-state index contributed by atoms with van der Waals surface area (Å²) in [6.45, 7) is 7.48. The lowest BCUT2D eigenvalue weighted by atomic mass is 10.1. The Morgan fingerprint density at radius 1 is 0.731 bits per heavy atom. The third-order valence-corrected chi connectivity index (χ3v) is 8.80. The molecule has 0 N–H and O–H groups in total. The molecule has 0 unspecified atom stereocenters. The highest BCUT2D eigenvalue weighted by atomic mass is 35.5. The van der Waals surface area contributed by atoms with Gasteiger partial charge in [0.2, 0.25) is 0 Å². The van der Waals surface area contributed by atoms with E-state index in [1.54, 1.807) is 0 Å². The van der Waals surface area contributed by atoms with Crippen LogP contribution in [0.2, 0.25) is 17.1 Å². The molecule has 0 saturated carbocycles. The third kappa shape index (κ3) is 9.99. The lowest BCUT2D eigenvalue weighted by molar-refractivity contribution is 0.230. The molecular weight excluding hydrogens is 360 g/mol. The maximum atomic E-state index is 6.32. The first-order chi connectivity index (χ1) is 12.7. The largest absolute Gasteiger partial charge is 0.520 e. The van der Waals surface area contributed by atoms with Gasteiger partial charge in [-0.1, -0.05) is 90.2 Å². The molecule has 1 rings (SSSR count). The van der Waals surface area contributed by atoms with Crippen LogP contribution in [0.5, 0.6) is 5.75 Å². The molecule has 0 saturated heterocycles. The molecule has 0 fully saturated rings. The van der Waals surface area contributed by atoms with Crippen molar-refractivity contribution in [1.29, 1.82) is 0 Å². The Balaban J connectivity index is 2.18. The topological polar surface area (TPSA) is 18.5 Å². The Kier molecular flexibility index (Phi) is 13.2. The molecule has 26 heavy (non-hydrogen) atoms. The van der Waals surface area contributed by atoms with Crippen molar-refractivity contribution in [3.05, 3.63) is 29.3 Å². The van der Waals surface area contributed by atoms with E-state index in [0.29, 0.717) is 0 Å². The molecule has 0 heterocycles. The second-order valence-corrected chi connectivity index (χ2v) is 11.4. The van der Waals surface area contributed by atoms with Gasteiger partial charge < -0.3 is 8.85 Å². The summed E-state index contributed by atoms with van der Waals surface area (Å²) in [7, 11) is -2.14. The van der Waals surface area contributed by atoms with Crippen LogP contribution in [0.1, 0.15) is 85.0 Å². The van der Waals surface area contributed by atoms with Crippen LogP contribution in [0.15, 0.2) is 24.3 Å². The van der Waals surface area contributed by atoms with Gasteiger partial charge in [-0.2, -0.15) is 0 Å². The molecule has 2 nitrogen and oxygen atoms in total. The quantitative estimate of drug-likeness (QED) is 0.206. The first kappa shape index (κ1) is 23.5. The summed E-state index contributed by atoms with van der Waals surface area (Å²) in [5, 5.41) is 0.740. The number of unbranched alkanes of at least 4 members (excludes halogenated alkanes) is 9. The van der Waals surface area contributed by atoms with E-state index in [9.17, 15) is 0 Å². The molecule has 150 valence electrons. The van der Waals surface area contributed by atoms with Crippen LogP contribution in [0.25, 0.3) is 0 Å². The number of hydrogen-bond acceptors (Lipinski definition) is 2. The van der Waals surface area contributed by atoms with E-state index in [2.05, 4.69) is 20.8 Å². The highest BCUT2D eigenvalue weighted by Gasteiger charge is 2.35. The summed E-state index contributed by atoms with van der Waals surface area (Å²) in [5.41, 5.74) is 0. The number of benzene rings is 1. The van der Waals surface area contributed by atoms with E-state index >= 15 is 0 Å². The SMILES string of the molecule is CCCCCCCCCCCCO[Si](CC)(CC)Oc1ccc(Cl)cc1. The molecule has 4 heteroatoms. The fourth-order valence-electron chi connectivity index (χ4n) is 3.19. The van der Waals surface area contributed by atoms with Crippen LogP contribution in [0, 0.1) is 0 Å². The zero-order chi connectivity index (χ0) is 19.1. The zero-order valence-corrected chi connectivity index (χ0v) is 19.0. The van der Waals surface area contributed by atoms with E-state index < -0.39 is 8.56 Å². The second kappa shape index (κ2) is 14.5. The normalized spacial score (nSPS) is 11.7. The van der Waals surface area contributed by atoms with Crippen molar-refractivity contribution < 1.29 is 8.85 Å². The van der Waals surface area contributed by atoms with Gasteiger partial charge in [0, 0.05) is 11.6 Å². The fourth-order valence-corrected chi connectivity index (χ4v) is 5.66. The van der Waals surface area contributed by atoms with Gasteiger partial charge in [0.15, 0.2) is 0 Å². The minimum atomic E-state index is -2.14. The smallest absolute Gasteiger partial charge is 0.398 e. The molecule has 1 aromatic carbocycles. The lowest BCUT2D eigenvalue weighted by Gasteiger charge is -2.29. The van der Waals surface area contributed by atoms with Crippen molar-refractivity contribution in [3.63, 3.8) is 0 Å². The molecule has 1 aromatic rings. The van der Waals surface area contributed by atoms with Gasteiger partial charge in [0.05, 0.1) is 0 Å². The Bertz CT molecular complexity index is 446. The van der Waals surface area contributed by atoms with Crippen molar-refractivity contribution in [2.24, 2.45) is 0 Å². The zero-order valence-electron chi connectivity index (χ0n) is 17.2.